The molecule has 0 N–H and O–H groups in total. The lowest BCUT2D eigenvalue weighted by molar-refractivity contribution is -0.114. The Morgan fingerprint density at radius 3 is 2.42 bits per heavy atom. The first-order valence-electron chi connectivity index (χ1n) is 6.45. The highest BCUT2D eigenvalue weighted by atomic mass is 16.7. The minimum atomic E-state index is -0.181. The van der Waals surface area contributed by atoms with Crippen LogP contribution in [0.25, 0.3) is 10.8 Å². The molecule has 0 aromatic heterocycles. The molecule has 2 aromatic carbocycles. The van der Waals surface area contributed by atoms with E-state index in [9.17, 15) is 0 Å². The van der Waals surface area contributed by atoms with Crippen LogP contribution in [0.3, 0.4) is 0 Å². The van der Waals surface area contributed by atoms with Gasteiger partial charge in [-0.3, -0.25) is 4.90 Å². The molecule has 0 radical (unpaired) electrons. The Labute approximate surface area is 114 Å². The van der Waals surface area contributed by atoms with Gasteiger partial charge in [-0.05, 0) is 23.4 Å². The lowest BCUT2D eigenvalue weighted by Crippen LogP contribution is -2.31. The lowest BCUT2D eigenvalue weighted by Gasteiger charge is -2.22. The second-order valence-electron chi connectivity index (χ2n) is 4.74. The van der Waals surface area contributed by atoms with Crippen LogP contribution in [0.1, 0.15) is 5.56 Å². The van der Waals surface area contributed by atoms with E-state index in [1.807, 2.05) is 0 Å². The number of rotatable bonds is 6. The van der Waals surface area contributed by atoms with Crippen molar-refractivity contribution in [3.63, 3.8) is 0 Å². The number of hydrogen-bond donors (Lipinski definition) is 0. The maximum atomic E-state index is 5.23. The minimum Gasteiger partial charge on any atom is -0.355 e. The van der Waals surface area contributed by atoms with Gasteiger partial charge in [-0.1, -0.05) is 42.5 Å². The number of likely N-dealkylation sites (N-methyl/N-ethyl adjacent to an activating group) is 1. The van der Waals surface area contributed by atoms with Crippen molar-refractivity contribution in [3.8, 4) is 0 Å². The summed E-state index contributed by atoms with van der Waals surface area (Å²) in [5, 5.41) is 2.59. The molecule has 0 fully saturated rings. The Kier molecular flexibility index (Phi) is 4.91. The predicted molar refractivity (Wildman–Crippen MR) is 78.1 cm³/mol. The van der Waals surface area contributed by atoms with E-state index >= 15 is 0 Å². The summed E-state index contributed by atoms with van der Waals surface area (Å²) in [7, 11) is 5.41. The standard InChI is InChI=1S/C16H21NO2/c1-17(12-16(18-2)19-3)11-14-9-6-8-13-7-4-5-10-15(13)14/h4-10,16H,11-12H2,1-3H3. The molecule has 0 spiro atoms. The molecule has 2 rings (SSSR count). The van der Waals surface area contributed by atoms with Crippen molar-refractivity contribution in [1.29, 1.82) is 0 Å². The fourth-order valence-corrected chi connectivity index (χ4v) is 2.29. The third-order valence-corrected chi connectivity index (χ3v) is 3.31. The second kappa shape index (κ2) is 6.66. The van der Waals surface area contributed by atoms with Gasteiger partial charge in [0.1, 0.15) is 0 Å². The molecule has 0 bridgehead atoms. The smallest absolute Gasteiger partial charge is 0.169 e. The molecule has 0 aliphatic rings. The van der Waals surface area contributed by atoms with E-state index in [0.717, 1.165) is 13.1 Å². The molecular weight excluding hydrogens is 238 g/mol. The van der Waals surface area contributed by atoms with Crippen molar-refractivity contribution >= 4 is 10.8 Å². The van der Waals surface area contributed by atoms with Crippen LogP contribution in [0.2, 0.25) is 0 Å². The van der Waals surface area contributed by atoms with Crippen molar-refractivity contribution in [3.05, 3.63) is 48.0 Å². The Balaban J connectivity index is 2.12. The summed E-state index contributed by atoms with van der Waals surface area (Å²) in [6, 6.07) is 14.9. The van der Waals surface area contributed by atoms with Crippen molar-refractivity contribution in [2.24, 2.45) is 0 Å². The molecule has 102 valence electrons. The van der Waals surface area contributed by atoms with Crippen molar-refractivity contribution in [2.75, 3.05) is 27.8 Å². The van der Waals surface area contributed by atoms with Gasteiger partial charge < -0.3 is 9.47 Å². The van der Waals surface area contributed by atoms with Gasteiger partial charge in [0.05, 0.1) is 0 Å². The molecule has 19 heavy (non-hydrogen) atoms. The van der Waals surface area contributed by atoms with Gasteiger partial charge in [0.25, 0.3) is 0 Å². The minimum absolute atomic E-state index is 0.181. The van der Waals surface area contributed by atoms with E-state index in [2.05, 4.69) is 54.4 Å². The molecule has 0 saturated heterocycles. The SMILES string of the molecule is COC(CN(C)Cc1cccc2ccccc12)OC. The number of nitrogens with zero attached hydrogens (tertiary/aromatic N) is 1. The molecule has 0 atom stereocenters. The van der Waals surface area contributed by atoms with E-state index < -0.39 is 0 Å². The van der Waals surface area contributed by atoms with E-state index in [-0.39, 0.29) is 6.29 Å². The maximum absolute atomic E-state index is 5.23. The first-order valence-corrected chi connectivity index (χ1v) is 6.45. The number of benzene rings is 2. The summed E-state index contributed by atoms with van der Waals surface area (Å²) in [6.45, 7) is 1.63. The van der Waals surface area contributed by atoms with Crippen molar-refractivity contribution < 1.29 is 9.47 Å². The highest BCUT2D eigenvalue weighted by Crippen LogP contribution is 2.19. The summed E-state index contributed by atoms with van der Waals surface area (Å²) in [5.41, 5.74) is 1.33. The Hall–Kier alpha value is -1.42. The van der Waals surface area contributed by atoms with Crippen LogP contribution in [0, 0.1) is 0 Å². The lowest BCUT2D eigenvalue weighted by atomic mass is 10.0. The Morgan fingerprint density at radius 2 is 1.68 bits per heavy atom. The summed E-state index contributed by atoms with van der Waals surface area (Å²) >= 11 is 0. The van der Waals surface area contributed by atoms with Crippen LogP contribution in [0.4, 0.5) is 0 Å². The molecular formula is C16H21NO2. The molecule has 0 heterocycles. The summed E-state index contributed by atoms with van der Waals surface area (Å²) < 4.78 is 10.5. The number of fused-ring (bicyclic) bond motifs is 1. The number of hydrogen-bond acceptors (Lipinski definition) is 3. The molecule has 3 heteroatoms. The number of methoxy groups -OCH3 is 2. The fraction of sp³-hybridized carbons (Fsp3) is 0.375. The summed E-state index contributed by atoms with van der Waals surface area (Å²) in [5.74, 6) is 0. The topological polar surface area (TPSA) is 21.7 Å². The maximum Gasteiger partial charge on any atom is 0.169 e. The van der Waals surface area contributed by atoms with Gasteiger partial charge in [0, 0.05) is 27.3 Å². The van der Waals surface area contributed by atoms with Crippen molar-refractivity contribution in [1.82, 2.24) is 4.90 Å². The van der Waals surface area contributed by atoms with Crippen LogP contribution in [0.15, 0.2) is 42.5 Å². The molecule has 0 amide bonds. The third kappa shape index (κ3) is 3.53. The van der Waals surface area contributed by atoms with Crippen LogP contribution < -0.4 is 0 Å². The van der Waals surface area contributed by atoms with Crippen LogP contribution >= 0.6 is 0 Å². The normalized spacial score (nSPS) is 11.6. The van der Waals surface area contributed by atoms with E-state index in [1.165, 1.54) is 16.3 Å². The van der Waals surface area contributed by atoms with Gasteiger partial charge in [0.2, 0.25) is 0 Å². The average Bonchev–Trinajstić information content (AvgIpc) is 2.45. The molecule has 0 aliphatic carbocycles. The van der Waals surface area contributed by atoms with E-state index in [1.54, 1.807) is 14.2 Å². The average molecular weight is 259 g/mol. The van der Waals surface area contributed by atoms with Gasteiger partial charge >= 0.3 is 0 Å². The zero-order chi connectivity index (χ0) is 13.7. The number of ether oxygens (including phenoxy) is 2. The molecule has 0 saturated carbocycles. The van der Waals surface area contributed by atoms with Crippen molar-refractivity contribution in [2.45, 2.75) is 12.8 Å². The second-order valence-corrected chi connectivity index (χ2v) is 4.74. The zero-order valence-corrected chi connectivity index (χ0v) is 11.8. The van der Waals surface area contributed by atoms with Crippen LogP contribution in [-0.2, 0) is 16.0 Å². The highest BCUT2D eigenvalue weighted by Gasteiger charge is 2.10. The molecule has 3 nitrogen and oxygen atoms in total. The first kappa shape index (κ1) is 14.0. The van der Waals surface area contributed by atoms with E-state index in [0.29, 0.717) is 0 Å². The predicted octanol–water partition coefficient (Wildman–Crippen LogP) is 2.89. The fourth-order valence-electron chi connectivity index (χ4n) is 2.29. The van der Waals surface area contributed by atoms with Gasteiger partial charge in [-0.25, -0.2) is 0 Å². The largest absolute Gasteiger partial charge is 0.355 e. The molecule has 2 aromatic rings. The van der Waals surface area contributed by atoms with Gasteiger partial charge in [0.15, 0.2) is 6.29 Å². The quantitative estimate of drug-likeness (QED) is 0.745. The summed E-state index contributed by atoms with van der Waals surface area (Å²) in [4.78, 5) is 2.21. The Bertz CT molecular complexity index is 518. The zero-order valence-electron chi connectivity index (χ0n) is 11.8. The van der Waals surface area contributed by atoms with E-state index in [4.69, 9.17) is 9.47 Å². The molecule has 0 unspecified atom stereocenters. The monoisotopic (exact) mass is 259 g/mol. The summed E-state index contributed by atoms with van der Waals surface area (Å²) in [6.07, 6.45) is -0.181. The van der Waals surface area contributed by atoms with Crippen LogP contribution in [-0.4, -0.2) is 39.0 Å². The van der Waals surface area contributed by atoms with Crippen LogP contribution in [0.5, 0.6) is 0 Å². The third-order valence-electron chi connectivity index (χ3n) is 3.31. The van der Waals surface area contributed by atoms with Gasteiger partial charge in [-0.2, -0.15) is 0 Å². The first-order chi connectivity index (χ1) is 9.24. The van der Waals surface area contributed by atoms with Gasteiger partial charge in [-0.15, -0.1) is 0 Å². The molecule has 0 aliphatic heterocycles. The Morgan fingerprint density at radius 1 is 1.00 bits per heavy atom. The highest BCUT2D eigenvalue weighted by molar-refractivity contribution is 5.85.